The molecule has 1 aromatic heterocycles. The van der Waals surface area contributed by atoms with Crippen molar-refractivity contribution >= 4 is 20.7 Å². The predicted molar refractivity (Wildman–Crippen MR) is 116 cm³/mol. The standard InChI is InChI=1S/C24H14F4N2O3S/c1-34(31,32)19-10-15(25)9-18(12-19)33-17-5-2-4-14(8-17)21-11-16(13-29)30-23-20(21)6-3-7-22(23)24(26,27)28/h2-12H,1H3. The van der Waals surface area contributed by atoms with Gasteiger partial charge in [-0.25, -0.2) is 17.8 Å². The zero-order valence-corrected chi connectivity index (χ0v) is 18.2. The zero-order chi connectivity index (χ0) is 24.7. The number of benzene rings is 3. The number of nitrogens with zero attached hydrogens (tertiary/aromatic N) is 2. The van der Waals surface area contributed by atoms with Crippen LogP contribution in [0.4, 0.5) is 17.6 Å². The average Bonchev–Trinajstić information content (AvgIpc) is 2.76. The van der Waals surface area contributed by atoms with Gasteiger partial charge in [0, 0.05) is 17.7 Å². The fourth-order valence-electron chi connectivity index (χ4n) is 3.45. The molecule has 0 bridgehead atoms. The molecular formula is C24H14F4N2O3S. The highest BCUT2D eigenvalue weighted by molar-refractivity contribution is 7.90. The first-order valence-electron chi connectivity index (χ1n) is 9.66. The summed E-state index contributed by atoms with van der Waals surface area (Å²) in [7, 11) is -3.69. The fourth-order valence-corrected chi connectivity index (χ4v) is 4.10. The fraction of sp³-hybridized carbons (Fsp3) is 0.0833. The normalized spacial score (nSPS) is 11.9. The van der Waals surface area contributed by atoms with Crippen molar-refractivity contribution in [2.24, 2.45) is 0 Å². The maximum atomic E-state index is 13.9. The van der Waals surface area contributed by atoms with Crippen LogP contribution in [0.15, 0.2) is 71.6 Å². The number of sulfone groups is 1. The van der Waals surface area contributed by atoms with Gasteiger partial charge in [-0.15, -0.1) is 0 Å². The van der Waals surface area contributed by atoms with Crippen molar-refractivity contribution in [3.05, 3.63) is 83.8 Å². The quantitative estimate of drug-likeness (QED) is 0.324. The van der Waals surface area contributed by atoms with E-state index in [9.17, 15) is 31.2 Å². The van der Waals surface area contributed by atoms with E-state index in [0.717, 1.165) is 30.5 Å². The second kappa shape index (κ2) is 8.43. The molecule has 0 amide bonds. The summed E-state index contributed by atoms with van der Waals surface area (Å²) >= 11 is 0. The summed E-state index contributed by atoms with van der Waals surface area (Å²) in [6, 6.07) is 16.0. The molecule has 1 heterocycles. The van der Waals surface area contributed by atoms with Crippen molar-refractivity contribution in [1.29, 1.82) is 5.26 Å². The number of hydrogen-bond acceptors (Lipinski definition) is 5. The zero-order valence-electron chi connectivity index (χ0n) is 17.4. The second-order valence-electron chi connectivity index (χ2n) is 7.39. The van der Waals surface area contributed by atoms with Gasteiger partial charge in [-0.1, -0.05) is 24.3 Å². The number of nitriles is 1. The summed E-state index contributed by atoms with van der Waals surface area (Å²) in [5, 5.41) is 9.50. The van der Waals surface area contributed by atoms with Crippen molar-refractivity contribution < 1.29 is 30.7 Å². The molecule has 0 saturated heterocycles. The van der Waals surface area contributed by atoms with Crippen molar-refractivity contribution in [1.82, 2.24) is 4.98 Å². The Morgan fingerprint density at radius 3 is 2.38 bits per heavy atom. The molecular weight excluding hydrogens is 472 g/mol. The first kappa shape index (κ1) is 23.2. The van der Waals surface area contributed by atoms with Crippen LogP contribution in [0.1, 0.15) is 11.3 Å². The van der Waals surface area contributed by atoms with Crippen molar-refractivity contribution in [2.45, 2.75) is 11.1 Å². The van der Waals surface area contributed by atoms with Gasteiger partial charge in [0.2, 0.25) is 0 Å². The average molecular weight is 486 g/mol. The van der Waals surface area contributed by atoms with E-state index in [2.05, 4.69) is 4.98 Å². The summed E-state index contributed by atoms with van der Waals surface area (Å²) < 4.78 is 83.7. The van der Waals surface area contributed by atoms with Gasteiger partial charge < -0.3 is 4.74 Å². The van der Waals surface area contributed by atoms with Gasteiger partial charge in [-0.2, -0.15) is 18.4 Å². The Morgan fingerprint density at radius 1 is 0.971 bits per heavy atom. The van der Waals surface area contributed by atoms with Crippen LogP contribution < -0.4 is 4.74 Å². The molecule has 0 spiro atoms. The van der Waals surface area contributed by atoms with Crippen molar-refractivity contribution in [2.75, 3.05) is 6.26 Å². The Kier molecular flexibility index (Phi) is 5.75. The lowest BCUT2D eigenvalue weighted by atomic mass is 9.98. The molecule has 4 rings (SSSR count). The van der Waals surface area contributed by atoms with Crippen LogP contribution in [0.25, 0.3) is 22.0 Å². The summed E-state index contributed by atoms with van der Waals surface area (Å²) in [5.74, 6) is -0.709. The highest BCUT2D eigenvalue weighted by atomic mass is 32.2. The van der Waals surface area contributed by atoms with E-state index in [1.54, 1.807) is 18.2 Å². The topological polar surface area (TPSA) is 80.0 Å². The lowest BCUT2D eigenvalue weighted by Crippen LogP contribution is -2.07. The summed E-state index contributed by atoms with van der Waals surface area (Å²) in [6.45, 7) is 0. The molecule has 0 atom stereocenters. The number of aromatic nitrogens is 1. The molecule has 0 N–H and O–H groups in total. The van der Waals surface area contributed by atoms with Crippen LogP contribution in [-0.2, 0) is 16.0 Å². The maximum absolute atomic E-state index is 13.9. The lowest BCUT2D eigenvalue weighted by molar-refractivity contribution is -0.136. The third kappa shape index (κ3) is 4.70. The second-order valence-corrected chi connectivity index (χ2v) is 9.41. The van der Waals surface area contributed by atoms with Crippen LogP contribution in [0, 0.1) is 17.1 Å². The molecule has 5 nitrogen and oxygen atoms in total. The Hall–Kier alpha value is -3.97. The molecule has 0 aliphatic carbocycles. The van der Waals surface area contributed by atoms with Gasteiger partial charge >= 0.3 is 6.18 Å². The minimum absolute atomic E-state index is 0.0748. The number of rotatable bonds is 4. The van der Waals surface area contributed by atoms with Gasteiger partial charge in [0.1, 0.15) is 29.1 Å². The van der Waals surface area contributed by atoms with Crippen LogP contribution in [0.5, 0.6) is 11.5 Å². The molecule has 3 aromatic carbocycles. The van der Waals surface area contributed by atoms with E-state index in [-0.39, 0.29) is 33.0 Å². The number of ether oxygens (including phenoxy) is 1. The third-order valence-electron chi connectivity index (χ3n) is 4.91. The Morgan fingerprint density at radius 2 is 1.71 bits per heavy atom. The van der Waals surface area contributed by atoms with E-state index >= 15 is 0 Å². The molecule has 0 radical (unpaired) electrons. The van der Waals surface area contributed by atoms with Gasteiger partial charge in [0.15, 0.2) is 9.84 Å². The molecule has 0 aliphatic heterocycles. The van der Waals surface area contributed by atoms with Gasteiger partial charge in [0.25, 0.3) is 0 Å². The monoisotopic (exact) mass is 486 g/mol. The van der Waals surface area contributed by atoms with E-state index in [1.165, 1.54) is 30.3 Å². The number of fused-ring (bicyclic) bond motifs is 1. The first-order chi connectivity index (χ1) is 16.0. The van der Waals surface area contributed by atoms with Gasteiger partial charge in [0.05, 0.1) is 16.0 Å². The minimum atomic E-state index is -4.67. The number of halogens is 4. The largest absolute Gasteiger partial charge is 0.457 e. The van der Waals surface area contributed by atoms with Gasteiger partial charge in [-0.05, 0) is 47.5 Å². The van der Waals surface area contributed by atoms with E-state index in [1.807, 2.05) is 0 Å². The maximum Gasteiger partial charge on any atom is 0.418 e. The summed E-state index contributed by atoms with van der Waals surface area (Å²) in [6.07, 6.45) is -3.74. The van der Waals surface area contributed by atoms with E-state index in [0.29, 0.717) is 11.1 Å². The van der Waals surface area contributed by atoms with Crippen LogP contribution >= 0.6 is 0 Å². The lowest BCUT2D eigenvalue weighted by Gasteiger charge is -2.14. The van der Waals surface area contributed by atoms with E-state index in [4.69, 9.17) is 4.74 Å². The first-order valence-corrected chi connectivity index (χ1v) is 11.5. The van der Waals surface area contributed by atoms with Gasteiger partial charge in [-0.3, -0.25) is 0 Å². The highest BCUT2D eigenvalue weighted by Crippen LogP contribution is 2.38. The SMILES string of the molecule is CS(=O)(=O)c1cc(F)cc(Oc2cccc(-c3cc(C#N)nc4c(C(F)(F)F)cccc34)c2)c1. The number of alkyl halides is 3. The molecule has 0 saturated carbocycles. The molecule has 0 unspecified atom stereocenters. The smallest absolute Gasteiger partial charge is 0.418 e. The molecule has 10 heteroatoms. The summed E-state index contributed by atoms with van der Waals surface area (Å²) in [5.41, 5.74) is -0.801. The predicted octanol–water partition coefficient (Wildman–Crippen LogP) is 6.13. The number of hydrogen-bond donors (Lipinski definition) is 0. The van der Waals surface area contributed by atoms with Crippen molar-refractivity contribution in [3.8, 4) is 28.7 Å². The Balaban J connectivity index is 1.84. The highest BCUT2D eigenvalue weighted by Gasteiger charge is 2.33. The Bertz CT molecular complexity index is 1580. The van der Waals surface area contributed by atoms with Crippen LogP contribution in [0.2, 0.25) is 0 Å². The molecule has 172 valence electrons. The Labute approximate surface area is 191 Å². The molecule has 0 fully saturated rings. The number of para-hydroxylation sites is 1. The molecule has 34 heavy (non-hydrogen) atoms. The van der Waals surface area contributed by atoms with E-state index < -0.39 is 27.4 Å². The minimum Gasteiger partial charge on any atom is -0.457 e. The number of pyridine rings is 1. The van der Waals surface area contributed by atoms with Crippen molar-refractivity contribution in [3.63, 3.8) is 0 Å². The van der Waals surface area contributed by atoms with Crippen LogP contribution in [0.3, 0.4) is 0 Å². The molecule has 4 aromatic rings. The summed E-state index contributed by atoms with van der Waals surface area (Å²) in [4.78, 5) is 3.60. The third-order valence-corrected chi connectivity index (χ3v) is 6.01. The molecule has 0 aliphatic rings. The van der Waals surface area contributed by atoms with Crippen LogP contribution in [-0.4, -0.2) is 19.7 Å².